The first-order valence-corrected chi connectivity index (χ1v) is 7.86. The maximum Gasteiger partial charge on any atom is 0.336 e. The molecule has 0 spiro atoms. The standard InChI is InChI=1S/C15H19BrN2O3/c16-13-6-5-10(7-12(13)15(20)21)18-14(19)11-4-2-1-3-9(11)8-17/h5-7,9,11H,1-4,8,17H2,(H,18,19)(H,20,21). The number of anilines is 1. The van der Waals surface area contributed by atoms with Crippen LogP contribution in [0.2, 0.25) is 0 Å². The van der Waals surface area contributed by atoms with Crippen LogP contribution in [0, 0.1) is 11.8 Å². The van der Waals surface area contributed by atoms with Crippen molar-refractivity contribution in [2.45, 2.75) is 25.7 Å². The highest BCUT2D eigenvalue weighted by Gasteiger charge is 2.30. The number of hydrogen-bond donors (Lipinski definition) is 3. The second-order valence-corrected chi connectivity index (χ2v) is 6.23. The van der Waals surface area contributed by atoms with Gasteiger partial charge in [0.15, 0.2) is 0 Å². The van der Waals surface area contributed by atoms with E-state index in [1.807, 2.05) is 0 Å². The molecule has 0 aliphatic heterocycles. The van der Waals surface area contributed by atoms with Crippen molar-refractivity contribution in [1.82, 2.24) is 0 Å². The zero-order chi connectivity index (χ0) is 15.4. The first-order valence-electron chi connectivity index (χ1n) is 7.06. The third-order valence-electron chi connectivity index (χ3n) is 4.01. The lowest BCUT2D eigenvalue weighted by Crippen LogP contribution is -2.35. The van der Waals surface area contributed by atoms with E-state index >= 15 is 0 Å². The summed E-state index contributed by atoms with van der Waals surface area (Å²) in [6.45, 7) is 0.513. The van der Waals surface area contributed by atoms with Gasteiger partial charge in [0.1, 0.15) is 0 Å². The summed E-state index contributed by atoms with van der Waals surface area (Å²) in [5, 5.41) is 11.9. The molecule has 0 radical (unpaired) electrons. The lowest BCUT2D eigenvalue weighted by atomic mass is 9.78. The molecule has 6 heteroatoms. The topological polar surface area (TPSA) is 92.4 Å². The zero-order valence-electron chi connectivity index (χ0n) is 11.6. The highest BCUT2D eigenvalue weighted by molar-refractivity contribution is 9.10. The van der Waals surface area contributed by atoms with Crippen LogP contribution in [0.1, 0.15) is 36.0 Å². The van der Waals surface area contributed by atoms with E-state index in [1.54, 1.807) is 12.1 Å². The van der Waals surface area contributed by atoms with Crippen LogP contribution in [-0.2, 0) is 4.79 Å². The SMILES string of the molecule is NCC1CCCCC1C(=O)Nc1ccc(Br)c(C(=O)O)c1. The van der Waals surface area contributed by atoms with E-state index in [4.69, 9.17) is 10.8 Å². The molecular formula is C15H19BrN2O3. The van der Waals surface area contributed by atoms with Crippen molar-refractivity contribution >= 4 is 33.5 Å². The van der Waals surface area contributed by atoms with Crippen LogP contribution in [0.25, 0.3) is 0 Å². The number of benzene rings is 1. The average molecular weight is 355 g/mol. The van der Waals surface area contributed by atoms with E-state index in [2.05, 4.69) is 21.2 Å². The van der Waals surface area contributed by atoms with Crippen LogP contribution in [0.15, 0.2) is 22.7 Å². The Morgan fingerprint density at radius 1 is 1.33 bits per heavy atom. The summed E-state index contributed by atoms with van der Waals surface area (Å²) in [5.41, 5.74) is 6.38. The highest BCUT2D eigenvalue weighted by Crippen LogP contribution is 2.30. The Morgan fingerprint density at radius 2 is 2.05 bits per heavy atom. The first kappa shape index (κ1) is 16.0. The van der Waals surface area contributed by atoms with Crippen LogP contribution in [0.3, 0.4) is 0 Å². The van der Waals surface area contributed by atoms with Crippen molar-refractivity contribution in [2.24, 2.45) is 17.6 Å². The van der Waals surface area contributed by atoms with E-state index < -0.39 is 5.97 Å². The molecule has 0 aromatic heterocycles. The molecule has 1 amide bonds. The van der Waals surface area contributed by atoms with Crippen molar-refractivity contribution in [3.05, 3.63) is 28.2 Å². The fraction of sp³-hybridized carbons (Fsp3) is 0.467. The van der Waals surface area contributed by atoms with Crippen molar-refractivity contribution in [3.8, 4) is 0 Å². The quantitative estimate of drug-likeness (QED) is 0.774. The molecule has 2 atom stereocenters. The Morgan fingerprint density at radius 3 is 2.71 bits per heavy atom. The summed E-state index contributed by atoms with van der Waals surface area (Å²) in [6, 6.07) is 4.78. The van der Waals surface area contributed by atoms with Crippen LogP contribution >= 0.6 is 15.9 Å². The van der Waals surface area contributed by atoms with Gasteiger partial charge in [0, 0.05) is 16.1 Å². The van der Waals surface area contributed by atoms with Crippen LogP contribution in [0.5, 0.6) is 0 Å². The largest absolute Gasteiger partial charge is 0.478 e. The van der Waals surface area contributed by atoms with Crippen molar-refractivity contribution < 1.29 is 14.7 Å². The number of nitrogens with two attached hydrogens (primary N) is 1. The Kier molecular flexibility index (Phi) is 5.36. The fourth-order valence-electron chi connectivity index (χ4n) is 2.84. The van der Waals surface area contributed by atoms with Gasteiger partial charge >= 0.3 is 5.97 Å². The molecule has 21 heavy (non-hydrogen) atoms. The summed E-state index contributed by atoms with van der Waals surface area (Å²) in [5.74, 6) is -0.965. The average Bonchev–Trinajstić information content (AvgIpc) is 2.48. The number of nitrogens with one attached hydrogen (secondary N) is 1. The predicted octanol–water partition coefficient (Wildman–Crippen LogP) is 2.85. The monoisotopic (exact) mass is 354 g/mol. The molecule has 5 nitrogen and oxygen atoms in total. The molecule has 0 saturated heterocycles. The number of hydrogen-bond acceptors (Lipinski definition) is 3. The van der Waals surface area contributed by atoms with E-state index in [-0.39, 0.29) is 23.3 Å². The van der Waals surface area contributed by atoms with Crippen molar-refractivity contribution in [1.29, 1.82) is 0 Å². The lowest BCUT2D eigenvalue weighted by molar-refractivity contribution is -0.122. The van der Waals surface area contributed by atoms with Crippen molar-refractivity contribution in [3.63, 3.8) is 0 Å². The van der Waals surface area contributed by atoms with Crippen LogP contribution in [0.4, 0.5) is 5.69 Å². The number of carbonyl (C=O) groups is 2. The van der Waals surface area contributed by atoms with Gasteiger partial charge in [-0.05, 0) is 59.4 Å². The number of halogens is 1. The predicted molar refractivity (Wildman–Crippen MR) is 84.2 cm³/mol. The molecule has 114 valence electrons. The van der Waals surface area contributed by atoms with Gasteiger partial charge in [-0.2, -0.15) is 0 Å². The maximum absolute atomic E-state index is 12.4. The summed E-state index contributed by atoms with van der Waals surface area (Å²) in [7, 11) is 0. The number of rotatable bonds is 4. The third-order valence-corrected chi connectivity index (χ3v) is 4.70. The second-order valence-electron chi connectivity index (χ2n) is 5.38. The van der Waals surface area contributed by atoms with Gasteiger partial charge in [-0.25, -0.2) is 4.79 Å². The van der Waals surface area contributed by atoms with Crippen LogP contribution in [-0.4, -0.2) is 23.5 Å². The summed E-state index contributed by atoms with van der Waals surface area (Å²) >= 11 is 3.18. The van der Waals surface area contributed by atoms with Gasteiger partial charge in [0.25, 0.3) is 0 Å². The van der Waals surface area contributed by atoms with E-state index in [0.717, 1.165) is 25.7 Å². The molecule has 1 aliphatic carbocycles. The molecular weight excluding hydrogens is 336 g/mol. The number of aromatic carboxylic acids is 1. The van der Waals surface area contributed by atoms with Crippen LogP contribution < -0.4 is 11.1 Å². The molecule has 0 heterocycles. The highest BCUT2D eigenvalue weighted by atomic mass is 79.9. The molecule has 4 N–H and O–H groups in total. The summed E-state index contributed by atoms with van der Waals surface area (Å²) in [6.07, 6.45) is 3.98. The third kappa shape index (κ3) is 3.83. The lowest BCUT2D eigenvalue weighted by Gasteiger charge is -2.29. The van der Waals surface area contributed by atoms with Gasteiger partial charge in [-0.15, -0.1) is 0 Å². The summed E-state index contributed by atoms with van der Waals surface area (Å²) in [4.78, 5) is 23.5. The van der Waals surface area contributed by atoms with Gasteiger partial charge < -0.3 is 16.2 Å². The second kappa shape index (κ2) is 7.04. The molecule has 1 aromatic carbocycles. The fourth-order valence-corrected chi connectivity index (χ4v) is 3.25. The Labute approximate surface area is 132 Å². The van der Waals surface area contributed by atoms with Gasteiger partial charge in [-0.1, -0.05) is 12.8 Å². The molecule has 2 rings (SSSR count). The summed E-state index contributed by atoms with van der Waals surface area (Å²) < 4.78 is 0.491. The van der Waals surface area contributed by atoms with Gasteiger partial charge in [0.05, 0.1) is 5.56 Å². The number of carboxylic acids is 1. The molecule has 1 saturated carbocycles. The minimum atomic E-state index is -1.03. The first-order chi connectivity index (χ1) is 10.0. The zero-order valence-corrected chi connectivity index (χ0v) is 13.2. The minimum Gasteiger partial charge on any atom is -0.478 e. The van der Waals surface area contributed by atoms with E-state index in [9.17, 15) is 9.59 Å². The van der Waals surface area contributed by atoms with Crippen molar-refractivity contribution in [2.75, 3.05) is 11.9 Å². The van der Waals surface area contributed by atoms with Gasteiger partial charge in [-0.3, -0.25) is 4.79 Å². The molecule has 2 unspecified atom stereocenters. The number of carbonyl (C=O) groups excluding carboxylic acids is 1. The Balaban J connectivity index is 2.12. The molecule has 1 fully saturated rings. The molecule has 1 aliphatic rings. The van der Waals surface area contributed by atoms with Gasteiger partial charge in [0.2, 0.25) is 5.91 Å². The molecule has 0 bridgehead atoms. The van der Waals surface area contributed by atoms with E-state index in [1.165, 1.54) is 6.07 Å². The maximum atomic E-state index is 12.4. The Hall–Kier alpha value is -1.40. The number of amides is 1. The van der Waals surface area contributed by atoms with E-state index in [0.29, 0.717) is 16.7 Å². The Bertz CT molecular complexity index is 548. The molecule has 1 aromatic rings. The minimum absolute atomic E-state index is 0.0659. The number of carboxylic acid groups (broad SMARTS) is 1. The normalized spacial score (nSPS) is 21.8. The smallest absolute Gasteiger partial charge is 0.336 e.